The minimum atomic E-state index is -0.828. The molecular weight excluding hydrogens is 331 g/mol. The molecule has 0 unspecified atom stereocenters. The van der Waals surface area contributed by atoms with E-state index in [2.05, 4.69) is 0 Å². The van der Waals surface area contributed by atoms with Gasteiger partial charge in [0, 0.05) is 25.7 Å². The van der Waals surface area contributed by atoms with Crippen molar-refractivity contribution < 1.29 is 24.0 Å². The number of ether oxygens (including phenoxy) is 1. The standard InChI is InChI=1S/C17H15FN2O5/c18-13-2-4-14(5-3-13)25-16-6-1-11(7-15(16)20(23)24)8-19-9-12(10-19)17(21)22/h1-7,12H,8-10H2,(H,21,22). The van der Waals surface area contributed by atoms with Crippen LogP contribution in [0.1, 0.15) is 5.56 Å². The lowest BCUT2D eigenvalue weighted by Crippen LogP contribution is -2.49. The van der Waals surface area contributed by atoms with E-state index in [4.69, 9.17) is 9.84 Å². The first-order valence-electron chi connectivity index (χ1n) is 7.58. The molecule has 8 heteroatoms. The minimum Gasteiger partial charge on any atom is -0.481 e. The average molecular weight is 346 g/mol. The Bertz CT molecular complexity index is 803. The number of benzene rings is 2. The maximum absolute atomic E-state index is 12.9. The zero-order valence-corrected chi connectivity index (χ0v) is 13.1. The van der Waals surface area contributed by atoms with Gasteiger partial charge >= 0.3 is 11.7 Å². The van der Waals surface area contributed by atoms with Crippen LogP contribution in [0.25, 0.3) is 0 Å². The number of hydrogen-bond donors (Lipinski definition) is 1. The first-order chi connectivity index (χ1) is 11.9. The Morgan fingerprint density at radius 3 is 2.56 bits per heavy atom. The van der Waals surface area contributed by atoms with Crippen LogP contribution in [0.4, 0.5) is 10.1 Å². The molecule has 3 rings (SSSR count). The van der Waals surface area contributed by atoms with Crippen LogP contribution in [-0.2, 0) is 11.3 Å². The fourth-order valence-electron chi connectivity index (χ4n) is 2.63. The van der Waals surface area contributed by atoms with Crippen molar-refractivity contribution in [2.45, 2.75) is 6.54 Å². The van der Waals surface area contributed by atoms with E-state index in [0.717, 1.165) is 0 Å². The van der Waals surface area contributed by atoms with E-state index in [1.165, 1.54) is 36.4 Å². The molecule has 0 saturated carbocycles. The molecule has 130 valence electrons. The highest BCUT2D eigenvalue weighted by Gasteiger charge is 2.32. The van der Waals surface area contributed by atoms with Crippen molar-refractivity contribution in [3.05, 3.63) is 64.0 Å². The van der Waals surface area contributed by atoms with Crippen LogP contribution in [0.3, 0.4) is 0 Å². The van der Waals surface area contributed by atoms with Crippen molar-refractivity contribution in [1.82, 2.24) is 4.90 Å². The van der Waals surface area contributed by atoms with Crippen molar-refractivity contribution >= 4 is 11.7 Å². The molecule has 7 nitrogen and oxygen atoms in total. The quantitative estimate of drug-likeness (QED) is 0.638. The number of nitro groups is 1. The third-order valence-corrected chi connectivity index (χ3v) is 3.97. The van der Waals surface area contributed by atoms with Gasteiger partial charge in [-0.25, -0.2) is 4.39 Å². The second kappa shape index (κ2) is 6.86. The number of rotatable bonds is 6. The van der Waals surface area contributed by atoms with Gasteiger partial charge in [-0.15, -0.1) is 0 Å². The predicted molar refractivity (Wildman–Crippen MR) is 86.0 cm³/mol. The normalized spacial score (nSPS) is 14.8. The van der Waals surface area contributed by atoms with E-state index in [1.807, 2.05) is 4.90 Å². The summed E-state index contributed by atoms with van der Waals surface area (Å²) >= 11 is 0. The topological polar surface area (TPSA) is 92.9 Å². The van der Waals surface area contributed by atoms with Gasteiger partial charge in [-0.05, 0) is 35.9 Å². The molecule has 2 aromatic rings. The number of hydrogen-bond acceptors (Lipinski definition) is 5. The fourth-order valence-corrected chi connectivity index (χ4v) is 2.63. The number of nitro benzene ring substituents is 1. The molecule has 0 bridgehead atoms. The summed E-state index contributed by atoms with van der Waals surface area (Å²) in [7, 11) is 0. The summed E-state index contributed by atoms with van der Waals surface area (Å²) in [5.41, 5.74) is 0.499. The maximum Gasteiger partial charge on any atom is 0.311 e. The Balaban J connectivity index is 1.73. The van der Waals surface area contributed by atoms with Gasteiger partial charge < -0.3 is 9.84 Å². The van der Waals surface area contributed by atoms with Crippen molar-refractivity contribution in [1.29, 1.82) is 0 Å². The van der Waals surface area contributed by atoms with Crippen LogP contribution in [0.15, 0.2) is 42.5 Å². The van der Waals surface area contributed by atoms with Crippen molar-refractivity contribution in [2.24, 2.45) is 5.92 Å². The fraction of sp³-hybridized carbons (Fsp3) is 0.235. The highest BCUT2D eigenvalue weighted by Crippen LogP contribution is 2.33. The van der Waals surface area contributed by atoms with E-state index in [-0.39, 0.29) is 17.4 Å². The zero-order valence-electron chi connectivity index (χ0n) is 13.1. The molecule has 0 amide bonds. The summed E-state index contributed by atoms with van der Waals surface area (Å²) in [5.74, 6) is -1.27. The molecule has 0 atom stereocenters. The van der Waals surface area contributed by atoms with Crippen LogP contribution in [0, 0.1) is 21.8 Å². The first kappa shape index (κ1) is 16.8. The number of carbonyl (C=O) groups is 1. The van der Waals surface area contributed by atoms with Gasteiger partial charge in [0.25, 0.3) is 0 Å². The Kier molecular flexibility index (Phi) is 4.62. The van der Waals surface area contributed by atoms with E-state index in [1.54, 1.807) is 6.07 Å². The summed E-state index contributed by atoms with van der Waals surface area (Å²) in [4.78, 5) is 23.5. The van der Waals surface area contributed by atoms with E-state index >= 15 is 0 Å². The lowest BCUT2D eigenvalue weighted by molar-refractivity contribution is -0.385. The molecule has 0 radical (unpaired) electrons. The second-order valence-electron chi connectivity index (χ2n) is 5.84. The van der Waals surface area contributed by atoms with Gasteiger partial charge in [-0.3, -0.25) is 19.8 Å². The molecule has 25 heavy (non-hydrogen) atoms. The third-order valence-electron chi connectivity index (χ3n) is 3.97. The molecule has 1 aliphatic rings. The highest BCUT2D eigenvalue weighted by molar-refractivity contribution is 5.71. The monoisotopic (exact) mass is 346 g/mol. The highest BCUT2D eigenvalue weighted by atomic mass is 19.1. The minimum absolute atomic E-state index is 0.0624. The van der Waals surface area contributed by atoms with E-state index in [0.29, 0.717) is 30.9 Å². The molecule has 1 N–H and O–H groups in total. The zero-order chi connectivity index (χ0) is 18.0. The van der Waals surface area contributed by atoms with Gasteiger partial charge in [0.05, 0.1) is 10.8 Å². The number of halogens is 1. The maximum atomic E-state index is 12.9. The van der Waals surface area contributed by atoms with Crippen LogP contribution in [-0.4, -0.2) is 34.0 Å². The Hall–Kier alpha value is -3.00. The molecule has 1 saturated heterocycles. The van der Waals surface area contributed by atoms with Crippen molar-refractivity contribution in [2.75, 3.05) is 13.1 Å². The largest absolute Gasteiger partial charge is 0.481 e. The van der Waals surface area contributed by atoms with Crippen LogP contribution in [0.5, 0.6) is 11.5 Å². The smallest absolute Gasteiger partial charge is 0.311 e. The van der Waals surface area contributed by atoms with Gasteiger partial charge in [-0.1, -0.05) is 6.07 Å². The Labute approximate surface area is 142 Å². The van der Waals surface area contributed by atoms with Crippen LogP contribution >= 0.6 is 0 Å². The Morgan fingerprint density at radius 2 is 1.96 bits per heavy atom. The van der Waals surface area contributed by atoms with E-state index in [9.17, 15) is 19.3 Å². The lowest BCUT2D eigenvalue weighted by Gasteiger charge is -2.36. The van der Waals surface area contributed by atoms with Crippen LogP contribution in [0.2, 0.25) is 0 Å². The molecule has 1 fully saturated rings. The SMILES string of the molecule is O=C(O)C1CN(Cc2ccc(Oc3ccc(F)cc3)c([N+](=O)[O-])c2)C1. The summed E-state index contributed by atoms with van der Waals surface area (Å²) in [6.45, 7) is 1.29. The van der Waals surface area contributed by atoms with Gasteiger partial charge in [0.1, 0.15) is 11.6 Å². The number of carboxylic acids is 1. The molecule has 1 heterocycles. The summed E-state index contributed by atoms with van der Waals surface area (Å²) in [5, 5.41) is 20.2. The predicted octanol–water partition coefficient (Wildman–Crippen LogP) is 3.04. The van der Waals surface area contributed by atoms with Gasteiger partial charge in [-0.2, -0.15) is 0 Å². The molecule has 0 aromatic heterocycles. The lowest BCUT2D eigenvalue weighted by atomic mass is 9.99. The first-order valence-corrected chi connectivity index (χ1v) is 7.58. The summed E-state index contributed by atoms with van der Waals surface area (Å²) in [6, 6.07) is 9.78. The number of likely N-dealkylation sites (tertiary alicyclic amines) is 1. The molecule has 2 aromatic carbocycles. The second-order valence-corrected chi connectivity index (χ2v) is 5.84. The Morgan fingerprint density at radius 1 is 1.28 bits per heavy atom. The third kappa shape index (κ3) is 3.92. The van der Waals surface area contributed by atoms with Gasteiger partial charge in [0.15, 0.2) is 0 Å². The molecule has 0 spiro atoms. The number of aliphatic carboxylic acids is 1. The molecule has 0 aliphatic carbocycles. The number of nitrogens with zero attached hydrogens (tertiary/aromatic N) is 2. The molecular formula is C17H15FN2O5. The van der Waals surface area contributed by atoms with Crippen molar-refractivity contribution in [3.63, 3.8) is 0 Å². The van der Waals surface area contributed by atoms with E-state index < -0.39 is 16.7 Å². The average Bonchev–Trinajstić information content (AvgIpc) is 2.53. The number of carboxylic acid groups (broad SMARTS) is 1. The summed E-state index contributed by atoms with van der Waals surface area (Å²) < 4.78 is 18.4. The van der Waals surface area contributed by atoms with Crippen LogP contribution < -0.4 is 4.74 Å². The van der Waals surface area contributed by atoms with Crippen molar-refractivity contribution in [3.8, 4) is 11.5 Å². The van der Waals surface area contributed by atoms with Gasteiger partial charge in [0.2, 0.25) is 5.75 Å². The summed E-state index contributed by atoms with van der Waals surface area (Å²) in [6.07, 6.45) is 0. The molecule has 1 aliphatic heterocycles.